The third-order valence-electron chi connectivity index (χ3n) is 2.92. The Balaban J connectivity index is 2.14. The fourth-order valence-electron chi connectivity index (χ4n) is 1.95. The quantitative estimate of drug-likeness (QED) is 0.481. The number of aromatic carboxylic acids is 1. The second-order valence-corrected chi connectivity index (χ2v) is 4.37. The van der Waals surface area contributed by atoms with Gasteiger partial charge in [0.05, 0.1) is 23.4 Å². The summed E-state index contributed by atoms with van der Waals surface area (Å²) in [7, 11) is 0. The second kappa shape index (κ2) is 5.25. The van der Waals surface area contributed by atoms with E-state index in [1.165, 1.54) is 12.1 Å². The van der Waals surface area contributed by atoms with E-state index in [0.717, 1.165) is 6.07 Å². The highest BCUT2D eigenvalue weighted by Crippen LogP contribution is 2.22. The number of rotatable bonds is 3. The molecule has 0 bridgehead atoms. The first-order chi connectivity index (χ1) is 8.97. The first kappa shape index (κ1) is 13.3. The van der Waals surface area contributed by atoms with Crippen molar-refractivity contribution in [2.24, 2.45) is 0 Å². The van der Waals surface area contributed by atoms with Gasteiger partial charge in [0.15, 0.2) is 0 Å². The summed E-state index contributed by atoms with van der Waals surface area (Å²) in [4.78, 5) is 22.9. The number of phenols is 1. The van der Waals surface area contributed by atoms with Crippen molar-refractivity contribution in [2.75, 3.05) is 11.9 Å². The van der Waals surface area contributed by atoms with Gasteiger partial charge >= 0.3 is 5.97 Å². The molecule has 102 valence electrons. The number of benzene rings is 1. The van der Waals surface area contributed by atoms with E-state index in [1.807, 2.05) is 0 Å². The molecule has 1 amide bonds. The lowest BCUT2D eigenvalue weighted by atomic mass is 10.1. The molecule has 1 aliphatic heterocycles. The van der Waals surface area contributed by atoms with Crippen LogP contribution in [0.5, 0.6) is 5.75 Å². The minimum absolute atomic E-state index is 0.110. The number of carboxylic acid groups (broad SMARTS) is 1. The molecule has 0 radical (unpaired) electrons. The number of carbonyl (C=O) groups is 2. The summed E-state index contributed by atoms with van der Waals surface area (Å²) < 4.78 is 0. The predicted octanol–water partition coefficient (Wildman–Crippen LogP) is -0.248. The SMILES string of the molecule is O=C(O)c1cc(O)ccc1NC(=O)C1CC(O)CN1. The maximum atomic E-state index is 11.9. The average Bonchev–Trinajstić information content (AvgIpc) is 2.78. The van der Waals surface area contributed by atoms with Crippen LogP contribution in [0.2, 0.25) is 0 Å². The zero-order valence-corrected chi connectivity index (χ0v) is 9.96. The fraction of sp³-hybridized carbons (Fsp3) is 0.333. The van der Waals surface area contributed by atoms with E-state index in [4.69, 9.17) is 5.11 Å². The average molecular weight is 266 g/mol. The Bertz CT molecular complexity index is 517. The van der Waals surface area contributed by atoms with Crippen LogP contribution in [-0.2, 0) is 4.79 Å². The second-order valence-electron chi connectivity index (χ2n) is 4.37. The molecule has 1 aromatic rings. The van der Waals surface area contributed by atoms with Gasteiger partial charge in [-0.2, -0.15) is 0 Å². The molecule has 2 rings (SSSR count). The molecule has 1 aromatic carbocycles. The van der Waals surface area contributed by atoms with Crippen molar-refractivity contribution >= 4 is 17.6 Å². The summed E-state index contributed by atoms with van der Waals surface area (Å²) in [5.74, 6) is -1.85. The first-order valence-electron chi connectivity index (χ1n) is 5.76. The van der Waals surface area contributed by atoms with Crippen LogP contribution in [0.4, 0.5) is 5.69 Å². The van der Waals surface area contributed by atoms with Crippen molar-refractivity contribution in [3.63, 3.8) is 0 Å². The van der Waals surface area contributed by atoms with Gasteiger partial charge in [0.1, 0.15) is 5.75 Å². The molecule has 2 atom stereocenters. The number of nitrogens with one attached hydrogen (secondary N) is 2. The molecular weight excluding hydrogens is 252 g/mol. The molecule has 19 heavy (non-hydrogen) atoms. The summed E-state index contributed by atoms with van der Waals surface area (Å²) in [5.41, 5.74) is -0.0783. The van der Waals surface area contributed by atoms with Crippen molar-refractivity contribution in [1.29, 1.82) is 0 Å². The summed E-state index contributed by atoms with van der Waals surface area (Å²) >= 11 is 0. The molecule has 1 saturated heterocycles. The van der Waals surface area contributed by atoms with Crippen molar-refractivity contribution in [2.45, 2.75) is 18.6 Å². The Morgan fingerprint density at radius 2 is 2.11 bits per heavy atom. The van der Waals surface area contributed by atoms with Crippen LogP contribution in [0.1, 0.15) is 16.8 Å². The third kappa shape index (κ3) is 3.01. The van der Waals surface area contributed by atoms with Gasteiger partial charge in [-0.15, -0.1) is 0 Å². The van der Waals surface area contributed by atoms with Crippen LogP contribution in [0.25, 0.3) is 0 Å². The summed E-state index contributed by atoms with van der Waals surface area (Å²) in [5, 5.41) is 32.9. The van der Waals surface area contributed by atoms with Crippen LogP contribution in [0, 0.1) is 0 Å². The third-order valence-corrected chi connectivity index (χ3v) is 2.92. The Kier molecular flexibility index (Phi) is 3.68. The molecule has 7 heteroatoms. The number of aromatic hydroxyl groups is 1. The molecule has 1 aliphatic rings. The predicted molar refractivity (Wildman–Crippen MR) is 66.1 cm³/mol. The van der Waals surface area contributed by atoms with Gasteiger partial charge in [-0.1, -0.05) is 0 Å². The van der Waals surface area contributed by atoms with E-state index in [1.54, 1.807) is 0 Å². The highest BCUT2D eigenvalue weighted by molar-refractivity contribution is 6.02. The number of aliphatic hydroxyl groups excluding tert-OH is 1. The number of anilines is 1. The number of phenolic OH excluding ortho intramolecular Hbond substituents is 1. The molecule has 2 unspecified atom stereocenters. The number of hydrogen-bond donors (Lipinski definition) is 5. The van der Waals surface area contributed by atoms with E-state index in [-0.39, 0.29) is 23.4 Å². The lowest BCUT2D eigenvalue weighted by Crippen LogP contribution is -2.35. The van der Waals surface area contributed by atoms with E-state index in [0.29, 0.717) is 6.54 Å². The first-order valence-corrected chi connectivity index (χ1v) is 5.76. The Labute approximate surface area is 108 Å². The minimum Gasteiger partial charge on any atom is -0.508 e. The van der Waals surface area contributed by atoms with Gasteiger partial charge in [0.2, 0.25) is 5.91 Å². The number of carboxylic acids is 1. The standard InChI is InChI=1S/C12H14N2O5/c15-6-1-2-9(8(3-6)12(18)19)14-11(17)10-4-7(16)5-13-10/h1-3,7,10,13,15-16H,4-5H2,(H,14,17)(H,18,19). The molecule has 1 heterocycles. The van der Waals surface area contributed by atoms with E-state index < -0.39 is 24.0 Å². The van der Waals surface area contributed by atoms with Gasteiger partial charge in [-0.05, 0) is 24.6 Å². The van der Waals surface area contributed by atoms with Gasteiger partial charge in [-0.25, -0.2) is 4.79 Å². The van der Waals surface area contributed by atoms with Crippen LogP contribution < -0.4 is 10.6 Å². The van der Waals surface area contributed by atoms with Gasteiger partial charge in [0.25, 0.3) is 0 Å². The minimum atomic E-state index is -1.24. The highest BCUT2D eigenvalue weighted by Gasteiger charge is 2.28. The lowest BCUT2D eigenvalue weighted by molar-refractivity contribution is -0.117. The highest BCUT2D eigenvalue weighted by atomic mass is 16.4. The zero-order valence-electron chi connectivity index (χ0n) is 9.96. The summed E-state index contributed by atoms with van der Waals surface area (Å²) in [6, 6.07) is 3.13. The van der Waals surface area contributed by atoms with Gasteiger partial charge in [0, 0.05) is 6.54 Å². The molecule has 0 aromatic heterocycles. The summed E-state index contributed by atoms with van der Waals surface area (Å²) in [6.45, 7) is 0.333. The maximum Gasteiger partial charge on any atom is 0.337 e. The molecule has 7 nitrogen and oxygen atoms in total. The number of β-amino-alcohol motifs (C(OH)–C–C–N with tert-alkyl or cyclic N) is 1. The molecular formula is C12H14N2O5. The monoisotopic (exact) mass is 266 g/mol. The molecule has 0 saturated carbocycles. The molecule has 0 aliphatic carbocycles. The lowest BCUT2D eigenvalue weighted by Gasteiger charge is -2.13. The molecule has 0 spiro atoms. The summed E-state index contributed by atoms with van der Waals surface area (Å²) in [6.07, 6.45) is -0.290. The Morgan fingerprint density at radius 1 is 1.37 bits per heavy atom. The number of hydrogen-bond acceptors (Lipinski definition) is 5. The topological polar surface area (TPSA) is 119 Å². The van der Waals surface area contributed by atoms with Crippen molar-refractivity contribution < 1.29 is 24.9 Å². The molecule has 1 fully saturated rings. The number of carbonyl (C=O) groups excluding carboxylic acids is 1. The fourth-order valence-corrected chi connectivity index (χ4v) is 1.95. The van der Waals surface area contributed by atoms with Crippen LogP contribution in [0.3, 0.4) is 0 Å². The van der Waals surface area contributed by atoms with Crippen LogP contribution >= 0.6 is 0 Å². The van der Waals surface area contributed by atoms with Crippen molar-refractivity contribution in [3.8, 4) is 5.75 Å². The van der Waals surface area contributed by atoms with E-state index in [9.17, 15) is 19.8 Å². The smallest absolute Gasteiger partial charge is 0.337 e. The van der Waals surface area contributed by atoms with Gasteiger partial charge in [-0.3, -0.25) is 4.79 Å². The van der Waals surface area contributed by atoms with Gasteiger partial charge < -0.3 is 26.0 Å². The van der Waals surface area contributed by atoms with E-state index >= 15 is 0 Å². The number of amides is 1. The van der Waals surface area contributed by atoms with Crippen molar-refractivity contribution in [1.82, 2.24) is 5.32 Å². The maximum absolute atomic E-state index is 11.9. The zero-order chi connectivity index (χ0) is 14.0. The van der Waals surface area contributed by atoms with E-state index in [2.05, 4.69) is 10.6 Å². The van der Waals surface area contributed by atoms with Crippen LogP contribution in [0.15, 0.2) is 18.2 Å². The largest absolute Gasteiger partial charge is 0.508 e. The van der Waals surface area contributed by atoms with Crippen LogP contribution in [-0.4, -0.2) is 45.9 Å². The normalized spacial score (nSPS) is 22.2. The van der Waals surface area contributed by atoms with Crippen molar-refractivity contribution in [3.05, 3.63) is 23.8 Å². The molecule has 5 N–H and O–H groups in total. The Morgan fingerprint density at radius 3 is 2.68 bits per heavy atom. The number of aliphatic hydroxyl groups is 1. The Hall–Kier alpha value is -2.12.